The zero-order chi connectivity index (χ0) is 28.9. The molecule has 0 aliphatic heterocycles. The van der Waals surface area contributed by atoms with E-state index in [0.29, 0.717) is 16.7 Å². The number of carbonyl (C=O) groups excluding carboxylic acids is 1. The molecule has 2 heterocycles. The summed E-state index contributed by atoms with van der Waals surface area (Å²) < 4.78 is 0. The van der Waals surface area contributed by atoms with Crippen molar-refractivity contribution in [2.45, 2.75) is 18.9 Å². The van der Waals surface area contributed by atoms with Gasteiger partial charge >= 0.3 is 5.97 Å². The zero-order valence-electron chi connectivity index (χ0n) is 21.7. The van der Waals surface area contributed by atoms with Gasteiger partial charge in [-0.05, 0) is 28.7 Å². The summed E-state index contributed by atoms with van der Waals surface area (Å²) in [6.45, 7) is 0. The van der Waals surface area contributed by atoms with Crippen molar-refractivity contribution in [3.8, 4) is 22.9 Å². The molecule has 202 valence electrons. The molecule has 1 atom stereocenters. The fraction of sp³-hybridized carbons (Fsp3) is 0.0938. The maximum absolute atomic E-state index is 13.4. The summed E-state index contributed by atoms with van der Waals surface area (Å²) in [5.41, 5.74) is 1.44. The molecule has 9 heteroatoms. The van der Waals surface area contributed by atoms with Crippen LogP contribution in [-0.2, 0) is 17.6 Å². The van der Waals surface area contributed by atoms with Gasteiger partial charge in [0.1, 0.15) is 12.1 Å². The topological polar surface area (TPSA) is 156 Å². The molecule has 2 aromatic heterocycles. The number of aliphatic carboxylic acids is 1. The van der Waals surface area contributed by atoms with E-state index in [4.69, 9.17) is 0 Å². The van der Waals surface area contributed by atoms with Gasteiger partial charge in [0.15, 0.2) is 17.1 Å². The number of carboxylic acids is 1. The summed E-state index contributed by atoms with van der Waals surface area (Å²) in [5.74, 6) is -2.81. The Morgan fingerprint density at radius 1 is 0.927 bits per heavy atom. The molecular formula is C32H24N4O5. The number of pyridine rings is 2. The lowest BCUT2D eigenvalue weighted by Crippen LogP contribution is -2.42. The predicted molar refractivity (Wildman–Crippen MR) is 152 cm³/mol. The fourth-order valence-electron chi connectivity index (χ4n) is 4.83. The van der Waals surface area contributed by atoms with E-state index in [-0.39, 0.29) is 35.0 Å². The minimum absolute atomic E-state index is 0.00784. The van der Waals surface area contributed by atoms with Gasteiger partial charge in [-0.2, -0.15) is 5.26 Å². The molecule has 0 radical (unpaired) electrons. The number of carboxylic acid groups (broad SMARTS) is 1. The van der Waals surface area contributed by atoms with Gasteiger partial charge in [0.05, 0.1) is 11.1 Å². The molecule has 0 bridgehead atoms. The minimum Gasteiger partial charge on any atom is -0.505 e. The number of fused-ring (bicyclic) bond motifs is 1. The number of nitrogens with zero attached hydrogens (tertiary/aromatic N) is 2. The summed E-state index contributed by atoms with van der Waals surface area (Å²) in [7, 11) is 0. The van der Waals surface area contributed by atoms with Crippen LogP contribution in [0.25, 0.3) is 22.0 Å². The lowest BCUT2D eigenvalue weighted by atomic mass is 9.91. The first-order valence-electron chi connectivity index (χ1n) is 12.8. The number of rotatable bonds is 8. The van der Waals surface area contributed by atoms with Crippen LogP contribution < -0.4 is 10.9 Å². The molecule has 0 saturated heterocycles. The molecule has 0 fully saturated rings. The van der Waals surface area contributed by atoms with Crippen molar-refractivity contribution in [3.05, 3.63) is 129 Å². The summed E-state index contributed by atoms with van der Waals surface area (Å²) in [6.07, 6.45) is 0.187. The zero-order valence-corrected chi connectivity index (χ0v) is 21.7. The normalized spacial score (nSPS) is 11.5. The van der Waals surface area contributed by atoms with Gasteiger partial charge in [-0.15, -0.1) is 0 Å². The number of hydrogen-bond acceptors (Lipinski definition) is 6. The Bertz CT molecular complexity index is 1850. The van der Waals surface area contributed by atoms with Gasteiger partial charge in [-0.25, -0.2) is 9.78 Å². The van der Waals surface area contributed by atoms with E-state index in [1.807, 2.05) is 42.5 Å². The van der Waals surface area contributed by atoms with Crippen LogP contribution in [0, 0.1) is 11.3 Å². The van der Waals surface area contributed by atoms with Crippen molar-refractivity contribution in [2.75, 3.05) is 0 Å². The number of aromatic amines is 1. The van der Waals surface area contributed by atoms with E-state index in [2.05, 4.69) is 15.3 Å². The monoisotopic (exact) mass is 544 g/mol. The summed E-state index contributed by atoms with van der Waals surface area (Å²) in [6, 6.07) is 27.5. The number of nitriles is 1. The number of aromatic nitrogens is 2. The fourth-order valence-corrected chi connectivity index (χ4v) is 4.83. The Labute approximate surface area is 234 Å². The molecule has 1 amide bonds. The SMILES string of the molecule is N#Cc1nc(C(=O)N[C@H](Cc2ccccc2)C(=O)O)c(O)c2c(Cc3ccccc3)c(-c3ccccc3)c(=O)[nH]c12. The van der Waals surface area contributed by atoms with Gasteiger partial charge in [-0.3, -0.25) is 9.59 Å². The van der Waals surface area contributed by atoms with Crippen molar-refractivity contribution >= 4 is 22.8 Å². The highest BCUT2D eigenvalue weighted by Crippen LogP contribution is 2.36. The second kappa shape index (κ2) is 11.6. The molecule has 0 unspecified atom stereocenters. The lowest BCUT2D eigenvalue weighted by Gasteiger charge is -2.18. The van der Waals surface area contributed by atoms with Crippen LogP contribution in [0.5, 0.6) is 5.75 Å². The third-order valence-corrected chi connectivity index (χ3v) is 6.73. The Morgan fingerprint density at radius 2 is 1.51 bits per heavy atom. The molecule has 5 aromatic rings. The van der Waals surface area contributed by atoms with Crippen molar-refractivity contribution in [1.29, 1.82) is 5.26 Å². The molecule has 41 heavy (non-hydrogen) atoms. The number of amides is 1. The summed E-state index contributed by atoms with van der Waals surface area (Å²) in [5, 5.41) is 33.7. The van der Waals surface area contributed by atoms with Crippen molar-refractivity contribution in [2.24, 2.45) is 0 Å². The van der Waals surface area contributed by atoms with Gasteiger partial charge in [-0.1, -0.05) is 91.0 Å². The van der Waals surface area contributed by atoms with Gasteiger partial charge in [0, 0.05) is 11.8 Å². The second-order valence-electron chi connectivity index (χ2n) is 9.41. The average Bonchev–Trinajstić information content (AvgIpc) is 2.98. The minimum atomic E-state index is -1.33. The molecule has 0 spiro atoms. The van der Waals surface area contributed by atoms with Crippen LogP contribution in [0.4, 0.5) is 0 Å². The number of H-pyrrole nitrogens is 1. The highest BCUT2D eigenvalue weighted by molar-refractivity contribution is 6.05. The van der Waals surface area contributed by atoms with Crippen molar-refractivity contribution in [1.82, 2.24) is 15.3 Å². The summed E-state index contributed by atoms with van der Waals surface area (Å²) >= 11 is 0. The first-order valence-corrected chi connectivity index (χ1v) is 12.8. The number of carbonyl (C=O) groups is 2. The Morgan fingerprint density at radius 3 is 2.10 bits per heavy atom. The first-order chi connectivity index (χ1) is 19.9. The highest BCUT2D eigenvalue weighted by atomic mass is 16.4. The van der Waals surface area contributed by atoms with Gasteiger partial charge in [0.25, 0.3) is 11.5 Å². The van der Waals surface area contributed by atoms with E-state index >= 15 is 0 Å². The Hall–Kier alpha value is -5.75. The van der Waals surface area contributed by atoms with Crippen LogP contribution in [0.15, 0.2) is 95.8 Å². The van der Waals surface area contributed by atoms with Crippen LogP contribution in [-0.4, -0.2) is 38.1 Å². The third kappa shape index (κ3) is 5.53. The van der Waals surface area contributed by atoms with Gasteiger partial charge < -0.3 is 20.5 Å². The molecule has 4 N–H and O–H groups in total. The Balaban J connectivity index is 1.70. The maximum atomic E-state index is 13.4. The second-order valence-corrected chi connectivity index (χ2v) is 9.41. The number of hydrogen-bond donors (Lipinski definition) is 4. The van der Waals surface area contributed by atoms with Crippen molar-refractivity contribution in [3.63, 3.8) is 0 Å². The van der Waals surface area contributed by atoms with Crippen LogP contribution in [0.2, 0.25) is 0 Å². The smallest absolute Gasteiger partial charge is 0.326 e. The number of nitrogens with one attached hydrogen (secondary N) is 2. The average molecular weight is 545 g/mol. The summed E-state index contributed by atoms with van der Waals surface area (Å²) in [4.78, 5) is 45.5. The Kier molecular flexibility index (Phi) is 7.56. The predicted octanol–water partition coefficient (Wildman–Crippen LogP) is 4.18. The molecule has 9 nitrogen and oxygen atoms in total. The standard InChI is InChI=1S/C32H24N4O5/c33-18-24-27-26(29(37)28(34-24)31(39)35-23(32(40)41)17-20-12-6-2-7-13-20)22(16-19-10-4-1-5-11-19)25(30(38)36-27)21-14-8-3-9-15-21/h1-15,23,37H,16-17H2,(H,35,39)(H,36,38)(H,40,41)/t23-/m1/s1. The molecule has 3 aromatic carbocycles. The van der Waals surface area contributed by atoms with Crippen LogP contribution in [0.3, 0.4) is 0 Å². The molecule has 0 saturated carbocycles. The molecule has 0 aliphatic rings. The van der Waals surface area contributed by atoms with Crippen LogP contribution >= 0.6 is 0 Å². The van der Waals surface area contributed by atoms with E-state index in [0.717, 1.165) is 5.56 Å². The van der Waals surface area contributed by atoms with E-state index in [1.54, 1.807) is 54.6 Å². The third-order valence-electron chi connectivity index (χ3n) is 6.73. The van der Waals surface area contributed by atoms with Crippen LogP contribution in [0.1, 0.15) is 32.9 Å². The quantitative estimate of drug-likeness (QED) is 0.228. The molecule has 5 rings (SSSR count). The number of aromatic hydroxyl groups is 1. The highest BCUT2D eigenvalue weighted by Gasteiger charge is 2.28. The van der Waals surface area contributed by atoms with Crippen molar-refractivity contribution < 1.29 is 19.8 Å². The first kappa shape index (κ1) is 26.8. The van der Waals surface area contributed by atoms with E-state index in [9.17, 15) is 29.9 Å². The number of benzene rings is 3. The lowest BCUT2D eigenvalue weighted by molar-refractivity contribution is -0.139. The molecule has 0 aliphatic carbocycles. The van der Waals surface area contributed by atoms with Gasteiger partial charge in [0.2, 0.25) is 0 Å². The van der Waals surface area contributed by atoms with E-state index in [1.165, 1.54) is 0 Å². The maximum Gasteiger partial charge on any atom is 0.326 e. The van der Waals surface area contributed by atoms with E-state index < -0.39 is 34.9 Å². The largest absolute Gasteiger partial charge is 0.505 e. The molecular weight excluding hydrogens is 520 g/mol.